The summed E-state index contributed by atoms with van der Waals surface area (Å²) < 4.78 is 21.9. The summed E-state index contributed by atoms with van der Waals surface area (Å²) in [5.41, 5.74) is 3.74. The molecule has 1 aliphatic heterocycles. The third-order valence-electron chi connectivity index (χ3n) is 4.04. The van der Waals surface area contributed by atoms with Crippen molar-refractivity contribution in [1.82, 2.24) is 5.43 Å². The summed E-state index contributed by atoms with van der Waals surface area (Å²) in [5, 5.41) is 4.02. The maximum Gasteiger partial charge on any atom is 0.271 e. The van der Waals surface area contributed by atoms with Crippen molar-refractivity contribution < 1.29 is 23.7 Å². The summed E-state index contributed by atoms with van der Waals surface area (Å²) in [7, 11) is 0. The molecule has 2 aromatic rings. The molecule has 0 radical (unpaired) electrons. The Hall–Kier alpha value is -3.22. The minimum atomic E-state index is -0.334. The van der Waals surface area contributed by atoms with E-state index in [9.17, 15) is 4.79 Å². The molecule has 1 heterocycles. The lowest BCUT2D eigenvalue weighted by molar-refractivity contribution is 0.0954. The van der Waals surface area contributed by atoms with Crippen LogP contribution in [0.15, 0.2) is 41.5 Å². The van der Waals surface area contributed by atoms with Gasteiger partial charge in [-0.15, -0.1) is 0 Å². The molecule has 7 heteroatoms. The number of rotatable bonds is 9. The predicted octanol–water partition coefficient (Wildman–Crippen LogP) is 3.76. The molecule has 148 valence electrons. The summed E-state index contributed by atoms with van der Waals surface area (Å²) >= 11 is 0. The van der Waals surface area contributed by atoms with Crippen LogP contribution < -0.4 is 24.4 Å². The summed E-state index contributed by atoms with van der Waals surface area (Å²) in [6, 6.07) is 10.5. The molecule has 0 atom stereocenters. The van der Waals surface area contributed by atoms with E-state index >= 15 is 0 Å². The number of hydrazone groups is 1. The molecule has 1 N–H and O–H groups in total. The number of nitrogens with zero attached hydrogens (tertiary/aromatic N) is 1. The van der Waals surface area contributed by atoms with Crippen LogP contribution in [0, 0.1) is 0 Å². The summed E-state index contributed by atoms with van der Waals surface area (Å²) in [6.07, 6.45) is 3.61. The first kappa shape index (κ1) is 19.5. The number of benzene rings is 2. The van der Waals surface area contributed by atoms with Gasteiger partial charge < -0.3 is 18.9 Å². The monoisotopic (exact) mass is 384 g/mol. The van der Waals surface area contributed by atoms with E-state index in [2.05, 4.69) is 17.5 Å². The van der Waals surface area contributed by atoms with Gasteiger partial charge in [-0.2, -0.15) is 5.10 Å². The Morgan fingerprint density at radius 3 is 2.79 bits per heavy atom. The molecule has 0 aromatic heterocycles. The molecule has 0 fully saturated rings. The van der Waals surface area contributed by atoms with Gasteiger partial charge in [-0.1, -0.05) is 13.3 Å². The van der Waals surface area contributed by atoms with Crippen LogP contribution in [0.25, 0.3) is 0 Å². The van der Waals surface area contributed by atoms with Gasteiger partial charge in [0.25, 0.3) is 5.91 Å². The van der Waals surface area contributed by atoms with Crippen LogP contribution in [0.3, 0.4) is 0 Å². The number of carbonyl (C=O) groups is 1. The smallest absolute Gasteiger partial charge is 0.271 e. The van der Waals surface area contributed by atoms with Crippen LogP contribution in [-0.2, 0) is 0 Å². The van der Waals surface area contributed by atoms with Crippen molar-refractivity contribution in [3.63, 3.8) is 0 Å². The third kappa shape index (κ3) is 4.94. The maximum absolute atomic E-state index is 12.2. The topological polar surface area (TPSA) is 78.4 Å². The fraction of sp³-hybridized carbons (Fsp3) is 0.333. The van der Waals surface area contributed by atoms with E-state index < -0.39 is 0 Å². The van der Waals surface area contributed by atoms with Gasteiger partial charge in [0.15, 0.2) is 23.0 Å². The zero-order valence-electron chi connectivity index (χ0n) is 16.1. The van der Waals surface area contributed by atoms with Gasteiger partial charge in [-0.05, 0) is 55.3 Å². The van der Waals surface area contributed by atoms with E-state index in [1.165, 1.54) is 0 Å². The normalized spacial score (nSPS) is 12.2. The van der Waals surface area contributed by atoms with Crippen molar-refractivity contribution in [3.05, 3.63) is 47.5 Å². The number of carbonyl (C=O) groups excluding carboxylic acids is 1. The molecule has 28 heavy (non-hydrogen) atoms. The Labute approximate surface area is 164 Å². The predicted molar refractivity (Wildman–Crippen MR) is 106 cm³/mol. The second kappa shape index (κ2) is 9.64. The highest BCUT2D eigenvalue weighted by Gasteiger charge is 2.15. The second-order valence-corrected chi connectivity index (χ2v) is 6.11. The Bertz CT molecular complexity index is 851. The number of ether oxygens (including phenoxy) is 4. The van der Waals surface area contributed by atoms with E-state index in [4.69, 9.17) is 18.9 Å². The first-order valence-corrected chi connectivity index (χ1v) is 9.34. The molecule has 0 unspecified atom stereocenters. The van der Waals surface area contributed by atoms with Crippen LogP contribution in [0.2, 0.25) is 0 Å². The minimum Gasteiger partial charge on any atom is -0.490 e. The number of hydrogen-bond acceptors (Lipinski definition) is 6. The van der Waals surface area contributed by atoms with Crippen molar-refractivity contribution in [2.24, 2.45) is 5.10 Å². The Balaban J connectivity index is 1.62. The van der Waals surface area contributed by atoms with Crippen molar-refractivity contribution >= 4 is 12.1 Å². The second-order valence-electron chi connectivity index (χ2n) is 6.11. The number of unbranched alkanes of at least 4 members (excludes halogenated alkanes) is 1. The number of fused-ring (bicyclic) bond motifs is 1. The zero-order valence-corrected chi connectivity index (χ0v) is 16.1. The van der Waals surface area contributed by atoms with Gasteiger partial charge in [0.05, 0.1) is 19.4 Å². The first-order chi connectivity index (χ1) is 13.7. The summed E-state index contributed by atoms with van der Waals surface area (Å²) in [5.74, 6) is 2.21. The van der Waals surface area contributed by atoms with Crippen LogP contribution in [0.1, 0.15) is 42.6 Å². The van der Waals surface area contributed by atoms with Crippen LogP contribution >= 0.6 is 0 Å². The molecule has 0 saturated heterocycles. The Kier molecular flexibility index (Phi) is 6.73. The Morgan fingerprint density at radius 1 is 1.11 bits per heavy atom. The van der Waals surface area contributed by atoms with Crippen molar-refractivity contribution in [2.75, 3.05) is 20.0 Å². The highest BCUT2D eigenvalue weighted by atomic mass is 16.7. The van der Waals surface area contributed by atoms with Gasteiger partial charge in [0.1, 0.15) is 0 Å². The van der Waals surface area contributed by atoms with E-state index in [0.29, 0.717) is 41.8 Å². The van der Waals surface area contributed by atoms with Crippen molar-refractivity contribution in [3.8, 4) is 23.0 Å². The molecule has 7 nitrogen and oxygen atoms in total. The molecule has 1 aliphatic rings. The maximum atomic E-state index is 12.2. The molecular formula is C21H24N2O5. The molecule has 0 spiro atoms. The SMILES string of the molecule is CCCCOc1ccc(/C=N/NC(=O)c2ccc3c(c2)OCO3)cc1OCC. The van der Waals surface area contributed by atoms with E-state index in [1.54, 1.807) is 24.4 Å². The number of nitrogens with one attached hydrogen (secondary N) is 1. The fourth-order valence-electron chi connectivity index (χ4n) is 2.59. The number of amides is 1. The van der Waals surface area contributed by atoms with Crippen molar-refractivity contribution in [1.29, 1.82) is 0 Å². The van der Waals surface area contributed by atoms with E-state index in [0.717, 1.165) is 18.4 Å². The van der Waals surface area contributed by atoms with E-state index in [1.807, 2.05) is 25.1 Å². The molecule has 3 rings (SSSR count). The van der Waals surface area contributed by atoms with Gasteiger partial charge in [0, 0.05) is 5.56 Å². The average Bonchev–Trinajstić information content (AvgIpc) is 3.17. The highest BCUT2D eigenvalue weighted by Crippen LogP contribution is 2.32. The molecular weight excluding hydrogens is 360 g/mol. The molecule has 0 saturated carbocycles. The van der Waals surface area contributed by atoms with Gasteiger partial charge in [0.2, 0.25) is 6.79 Å². The minimum absolute atomic E-state index is 0.166. The summed E-state index contributed by atoms with van der Waals surface area (Å²) in [4.78, 5) is 12.2. The highest BCUT2D eigenvalue weighted by molar-refractivity contribution is 5.95. The molecule has 1 amide bonds. The van der Waals surface area contributed by atoms with Gasteiger partial charge in [-0.3, -0.25) is 4.79 Å². The fourth-order valence-corrected chi connectivity index (χ4v) is 2.59. The largest absolute Gasteiger partial charge is 0.490 e. The average molecular weight is 384 g/mol. The third-order valence-corrected chi connectivity index (χ3v) is 4.04. The first-order valence-electron chi connectivity index (χ1n) is 9.34. The standard InChI is InChI=1S/C21H24N2O5/c1-3-5-10-26-17-8-6-15(11-19(17)25-4-2)13-22-23-21(24)16-7-9-18-20(12-16)28-14-27-18/h6-9,11-13H,3-5,10,14H2,1-2H3,(H,23,24)/b22-13+. The van der Waals surface area contributed by atoms with E-state index in [-0.39, 0.29) is 12.7 Å². The lowest BCUT2D eigenvalue weighted by Crippen LogP contribution is -2.17. The summed E-state index contributed by atoms with van der Waals surface area (Å²) in [6.45, 7) is 5.38. The van der Waals surface area contributed by atoms with Crippen LogP contribution in [0.4, 0.5) is 0 Å². The zero-order chi connectivity index (χ0) is 19.8. The lowest BCUT2D eigenvalue weighted by Gasteiger charge is -2.12. The Morgan fingerprint density at radius 2 is 1.96 bits per heavy atom. The van der Waals surface area contributed by atoms with Crippen molar-refractivity contribution in [2.45, 2.75) is 26.7 Å². The molecule has 0 aliphatic carbocycles. The van der Waals surface area contributed by atoms with Crippen LogP contribution in [0.5, 0.6) is 23.0 Å². The lowest BCUT2D eigenvalue weighted by atomic mass is 10.2. The van der Waals surface area contributed by atoms with Gasteiger partial charge >= 0.3 is 0 Å². The molecule has 2 aromatic carbocycles. The van der Waals surface area contributed by atoms with Gasteiger partial charge in [-0.25, -0.2) is 5.43 Å². The number of hydrogen-bond donors (Lipinski definition) is 1. The molecule has 0 bridgehead atoms. The quantitative estimate of drug-likeness (QED) is 0.405. The van der Waals surface area contributed by atoms with Crippen LogP contribution in [-0.4, -0.2) is 32.1 Å².